The minimum atomic E-state index is -0.245. The second-order valence-corrected chi connectivity index (χ2v) is 7.70. The fraction of sp³-hybridized carbons (Fsp3) is 0.185. The SMILES string of the molecule is COc1cccc(C=C2Oc3cc(OCC(=O)N(C)Cc4ccccc4)ccc3C2=O)c1OC. The zero-order valence-electron chi connectivity index (χ0n) is 19.2. The lowest BCUT2D eigenvalue weighted by atomic mass is 10.1. The van der Waals surface area contributed by atoms with Crippen LogP contribution in [0.15, 0.2) is 72.5 Å². The van der Waals surface area contributed by atoms with Gasteiger partial charge in [0.25, 0.3) is 5.91 Å². The monoisotopic (exact) mass is 459 g/mol. The summed E-state index contributed by atoms with van der Waals surface area (Å²) in [5.74, 6) is 1.63. The van der Waals surface area contributed by atoms with Gasteiger partial charge in [-0.1, -0.05) is 42.5 Å². The van der Waals surface area contributed by atoms with Gasteiger partial charge in [0.15, 0.2) is 23.9 Å². The minimum Gasteiger partial charge on any atom is -0.493 e. The largest absolute Gasteiger partial charge is 0.493 e. The first-order valence-electron chi connectivity index (χ1n) is 10.7. The maximum Gasteiger partial charge on any atom is 0.260 e. The molecule has 0 atom stereocenters. The first kappa shape index (κ1) is 22.9. The molecular formula is C27H25NO6. The van der Waals surface area contributed by atoms with E-state index in [1.165, 1.54) is 7.11 Å². The molecule has 1 heterocycles. The molecule has 7 nitrogen and oxygen atoms in total. The zero-order chi connectivity index (χ0) is 24.1. The summed E-state index contributed by atoms with van der Waals surface area (Å²) in [7, 11) is 4.81. The van der Waals surface area contributed by atoms with Crippen LogP contribution < -0.4 is 18.9 Å². The number of Topliss-reactive ketones (excluding diaryl/α,β-unsaturated/α-hetero) is 1. The van der Waals surface area contributed by atoms with Gasteiger partial charge in [0.2, 0.25) is 5.78 Å². The van der Waals surface area contributed by atoms with Gasteiger partial charge < -0.3 is 23.8 Å². The molecule has 0 N–H and O–H groups in total. The van der Waals surface area contributed by atoms with Gasteiger partial charge in [-0.25, -0.2) is 0 Å². The van der Waals surface area contributed by atoms with Crippen molar-refractivity contribution in [3.63, 3.8) is 0 Å². The first-order valence-corrected chi connectivity index (χ1v) is 10.7. The number of ether oxygens (including phenoxy) is 4. The Morgan fingerprint density at radius 3 is 2.53 bits per heavy atom. The molecule has 174 valence electrons. The van der Waals surface area contributed by atoms with Crippen LogP contribution in [0.25, 0.3) is 6.08 Å². The second kappa shape index (κ2) is 10.1. The summed E-state index contributed by atoms with van der Waals surface area (Å²) < 4.78 is 22.2. The molecule has 3 aromatic carbocycles. The number of hydrogen-bond acceptors (Lipinski definition) is 6. The number of carbonyl (C=O) groups excluding carboxylic acids is 2. The average Bonchev–Trinajstić information content (AvgIpc) is 3.17. The highest BCUT2D eigenvalue weighted by molar-refractivity contribution is 6.14. The number of nitrogens with zero attached hydrogens (tertiary/aromatic N) is 1. The molecule has 34 heavy (non-hydrogen) atoms. The minimum absolute atomic E-state index is 0.125. The van der Waals surface area contributed by atoms with Crippen LogP contribution in [-0.4, -0.2) is 44.5 Å². The van der Waals surface area contributed by atoms with E-state index in [0.29, 0.717) is 40.7 Å². The Morgan fingerprint density at radius 1 is 1.00 bits per heavy atom. The lowest BCUT2D eigenvalue weighted by molar-refractivity contribution is -0.132. The Bertz CT molecular complexity index is 1240. The molecule has 7 heteroatoms. The highest BCUT2D eigenvalue weighted by Gasteiger charge is 2.28. The third kappa shape index (κ3) is 4.88. The maximum atomic E-state index is 12.8. The van der Waals surface area contributed by atoms with Crippen molar-refractivity contribution in [2.45, 2.75) is 6.54 Å². The van der Waals surface area contributed by atoms with Crippen molar-refractivity contribution in [1.82, 2.24) is 4.90 Å². The van der Waals surface area contributed by atoms with E-state index < -0.39 is 0 Å². The van der Waals surface area contributed by atoms with Gasteiger partial charge in [0, 0.05) is 25.2 Å². The summed E-state index contributed by atoms with van der Waals surface area (Å²) in [5, 5.41) is 0. The predicted molar refractivity (Wildman–Crippen MR) is 127 cm³/mol. The quantitative estimate of drug-likeness (QED) is 0.466. The summed E-state index contributed by atoms with van der Waals surface area (Å²) in [6.45, 7) is 0.368. The van der Waals surface area contributed by atoms with E-state index in [1.807, 2.05) is 30.3 Å². The third-order valence-electron chi connectivity index (χ3n) is 5.41. The number of ketones is 1. The Labute approximate surface area is 198 Å². The van der Waals surface area contributed by atoms with Crippen molar-refractivity contribution in [2.75, 3.05) is 27.9 Å². The van der Waals surface area contributed by atoms with Gasteiger partial charge in [0.05, 0.1) is 19.8 Å². The van der Waals surface area contributed by atoms with E-state index in [4.69, 9.17) is 18.9 Å². The van der Waals surface area contributed by atoms with Crippen LogP contribution >= 0.6 is 0 Å². The van der Waals surface area contributed by atoms with Gasteiger partial charge in [-0.3, -0.25) is 9.59 Å². The number of likely N-dealkylation sites (N-methyl/N-ethyl adjacent to an activating group) is 1. The predicted octanol–water partition coefficient (Wildman–Crippen LogP) is 4.36. The van der Waals surface area contributed by atoms with Gasteiger partial charge >= 0.3 is 0 Å². The number of fused-ring (bicyclic) bond motifs is 1. The molecule has 0 radical (unpaired) electrons. The van der Waals surface area contributed by atoms with Crippen LogP contribution in [0, 0.1) is 0 Å². The van der Waals surface area contributed by atoms with E-state index in [1.54, 1.807) is 61.5 Å². The molecule has 3 aromatic rings. The number of rotatable bonds is 8. The Morgan fingerprint density at radius 2 is 1.79 bits per heavy atom. The lowest BCUT2D eigenvalue weighted by Crippen LogP contribution is -2.30. The van der Waals surface area contributed by atoms with Crippen molar-refractivity contribution in [2.24, 2.45) is 0 Å². The molecular weight excluding hydrogens is 434 g/mol. The number of amides is 1. The summed E-state index contributed by atoms with van der Waals surface area (Å²) in [4.78, 5) is 26.9. The van der Waals surface area contributed by atoms with E-state index in [9.17, 15) is 9.59 Å². The van der Waals surface area contributed by atoms with Gasteiger partial charge in [-0.15, -0.1) is 0 Å². The fourth-order valence-corrected chi connectivity index (χ4v) is 3.62. The van der Waals surface area contributed by atoms with E-state index in [2.05, 4.69) is 0 Å². The number of allylic oxidation sites excluding steroid dienone is 1. The van der Waals surface area contributed by atoms with Crippen LogP contribution in [0.2, 0.25) is 0 Å². The average molecular weight is 459 g/mol. The van der Waals surface area contributed by atoms with Crippen molar-refractivity contribution in [1.29, 1.82) is 0 Å². The van der Waals surface area contributed by atoms with Crippen molar-refractivity contribution in [3.8, 4) is 23.0 Å². The molecule has 0 bridgehead atoms. The maximum absolute atomic E-state index is 12.8. The molecule has 0 aliphatic carbocycles. The lowest BCUT2D eigenvalue weighted by Gasteiger charge is -2.17. The van der Waals surface area contributed by atoms with Crippen LogP contribution in [0.3, 0.4) is 0 Å². The summed E-state index contributed by atoms with van der Waals surface area (Å²) in [6.07, 6.45) is 1.62. The molecule has 0 saturated carbocycles. The van der Waals surface area contributed by atoms with Gasteiger partial charge in [0.1, 0.15) is 11.5 Å². The van der Waals surface area contributed by atoms with E-state index in [0.717, 1.165) is 5.56 Å². The van der Waals surface area contributed by atoms with Crippen LogP contribution in [0.5, 0.6) is 23.0 Å². The Kier molecular flexibility index (Phi) is 6.82. The fourth-order valence-electron chi connectivity index (χ4n) is 3.62. The van der Waals surface area contributed by atoms with Crippen LogP contribution in [0.1, 0.15) is 21.5 Å². The number of para-hydroxylation sites is 1. The van der Waals surface area contributed by atoms with Gasteiger partial charge in [-0.05, 0) is 29.8 Å². The van der Waals surface area contributed by atoms with E-state index in [-0.39, 0.29) is 24.1 Å². The smallest absolute Gasteiger partial charge is 0.260 e. The van der Waals surface area contributed by atoms with Crippen LogP contribution in [0.4, 0.5) is 0 Å². The molecule has 1 aliphatic rings. The number of carbonyl (C=O) groups is 2. The normalized spacial score (nSPS) is 13.3. The van der Waals surface area contributed by atoms with Crippen molar-refractivity contribution >= 4 is 17.8 Å². The molecule has 1 aliphatic heterocycles. The summed E-state index contributed by atoms with van der Waals surface area (Å²) in [5.41, 5.74) is 2.12. The van der Waals surface area contributed by atoms with Crippen molar-refractivity contribution < 1.29 is 28.5 Å². The van der Waals surface area contributed by atoms with Crippen molar-refractivity contribution in [3.05, 3.63) is 89.2 Å². The summed E-state index contributed by atoms with van der Waals surface area (Å²) >= 11 is 0. The molecule has 0 unspecified atom stereocenters. The molecule has 0 spiro atoms. The number of methoxy groups -OCH3 is 2. The standard InChI is InChI=1S/C27H25NO6/c1-28(16-18-8-5-4-6-9-18)25(29)17-33-20-12-13-21-23(15-20)34-24(26(21)30)14-19-10-7-11-22(31-2)27(19)32-3/h4-15H,16-17H2,1-3H3. The topological polar surface area (TPSA) is 74.3 Å². The third-order valence-corrected chi connectivity index (χ3v) is 5.41. The summed E-state index contributed by atoms with van der Waals surface area (Å²) in [6, 6.07) is 20.0. The first-order chi connectivity index (χ1) is 16.5. The zero-order valence-corrected chi connectivity index (χ0v) is 19.2. The molecule has 0 aromatic heterocycles. The second-order valence-electron chi connectivity index (χ2n) is 7.70. The molecule has 4 rings (SSSR count). The van der Waals surface area contributed by atoms with Gasteiger partial charge in [-0.2, -0.15) is 0 Å². The number of benzene rings is 3. The Balaban J connectivity index is 1.44. The molecule has 1 amide bonds. The Hall–Kier alpha value is -4.26. The molecule has 0 fully saturated rings. The highest BCUT2D eigenvalue weighted by Crippen LogP contribution is 2.37. The van der Waals surface area contributed by atoms with Crippen LogP contribution in [-0.2, 0) is 11.3 Å². The number of hydrogen-bond donors (Lipinski definition) is 0. The van der Waals surface area contributed by atoms with E-state index >= 15 is 0 Å². The highest BCUT2D eigenvalue weighted by atomic mass is 16.5. The molecule has 0 saturated heterocycles.